The molecule has 2 rings (SSSR count). The maximum Gasteiger partial charge on any atom is 0.246 e. The predicted octanol–water partition coefficient (Wildman–Crippen LogP) is 1.02. The van der Waals surface area contributed by atoms with Crippen molar-refractivity contribution in [3.63, 3.8) is 0 Å². The SMILES string of the molecule is Cc1[nH]nc(CO)c1S(=O)(=O)N1CCCC(C)CC1. The van der Waals surface area contributed by atoms with Crippen LogP contribution >= 0.6 is 0 Å². The first-order chi connectivity index (χ1) is 8.96. The van der Waals surface area contributed by atoms with Crippen molar-refractivity contribution < 1.29 is 13.5 Å². The number of aliphatic hydroxyl groups excluding tert-OH is 1. The summed E-state index contributed by atoms with van der Waals surface area (Å²) in [7, 11) is -3.56. The minimum absolute atomic E-state index is 0.143. The molecule has 1 aliphatic rings. The highest BCUT2D eigenvalue weighted by Crippen LogP contribution is 2.26. The lowest BCUT2D eigenvalue weighted by Gasteiger charge is -2.20. The zero-order chi connectivity index (χ0) is 14.0. The van der Waals surface area contributed by atoms with Gasteiger partial charge >= 0.3 is 0 Å². The van der Waals surface area contributed by atoms with Crippen molar-refractivity contribution in [2.75, 3.05) is 13.1 Å². The Morgan fingerprint density at radius 1 is 1.42 bits per heavy atom. The number of hydrogen-bond acceptors (Lipinski definition) is 4. The van der Waals surface area contributed by atoms with Crippen LogP contribution in [0.15, 0.2) is 4.90 Å². The number of H-pyrrole nitrogens is 1. The van der Waals surface area contributed by atoms with Crippen LogP contribution in [0.5, 0.6) is 0 Å². The number of aliphatic hydroxyl groups is 1. The van der Waals surface area contributed by atoms with Gasteiger partial charge in [0.2, 0.25) is 10.0 Å². The zero-order valence-electron chi connectivity index (χ0n) is 11.4. The average Bonchev–Trinajstić information content (AvgIpc) is 2.60. The van der Waals surface area contributed by atoms with E-state index in [1.54, 1.807) is 6.92 Å². The van der Waals surface area contributed by atoms with E-state index in [0.29, 0.717) is 24.7 Å². The van der Waals surface area contributed by atoms with Crippen LogP contribution in [0.1, 0.15) is 37.6 Å². The maximum absolute atomic E-state index is 12.7. The van der Waals surface area contributed by atoms with Crippen LogP contribution in [0.3, 0.4) is 0 Å². The predicted molar refractivity (Wildman–Crippen MR) is 71.0 cm³/mol. The lowest BCUT2D eigenvalue weighted by atomic mass is 10.0. The first-order valence-electron chi connectivity index (χ1n) is 6.61. The topological polar surface area (TPSA) is 86.3 Å². The van der Waals surface area contributed by atoms with Gasteiger partial charge in [-0.2, -0.15) is 9.40 Å². The molecule has 1 atom stereocenters. The largest absolute Gasteiger partial charge is 0.390 e. The molecular weight excluding hydrogens is 266 g/mol. The third-order valence-corrected chi connectivity index (χ3v) is 5.79. The van der Waals surface area contributed by atoms with E-state index >= 15 is 0 Å². The molecule has 108 valence electrons. The van der Waals surface area contributed by atoms with Gasteiger partial charge in [-0.25, -0.2) is 8.42 Å². The van der Waals surface area contributed by atoms with Crippen molar-refractivity contribution in [3.05, 3.63) is 11.4 Å². The molecule has 2 N–H and O–H groups in total. The highest BCUT2D eigenvalue weighted by Gasteiger charge is 2.31. The normalized spacial score (nSPS) is 22.4. The molecule has 19 heavy (non-hydrogen) atoms. The highest BCUT2D eigenvalue weighted by atomic mass is 32.2. The molecule has 0 aliphatic carbocycles. The van der Waals surface area contributed by atoms with Gasteiger partial charge in [0.05, 0.1) is 12.3 Å². The Labute approximate surface area is 113 Å². The van der Waals surface area contributed by atoms with Crippen LogP contribution in [0, 0.1) is 12.8 Å². The zero-order valence-corrected chi connectivity index (χ0v) is 12.2. The lowest BCUT2D eigenvalue weighted by Crippen LogP contribution is -2.32. The molecule has 0 saturated carbocycles. The first kappa shape index (κ1) is 14.5. The third kappa shape index (κ3) is 2.82. The summed E-state index contributed by atoms with van der Waals surface area (Å²) in [6.07, 6.45) is 2.82. The molecule has 1 aliphatic heterocycles. The number of rotatable bonds is 3. The molecule has 1 fully saturated rings. The summed E-state index contributed by atoms with van der Waals surface area (Å²) in [6, 6.07) is 0. The molecule has 0 aromatic carbocycles. The van der Waals surface area contributed by atoms with Crippen LogP contribution in [0.2, 0.25) is 0 Å². The maximum atomic E-state index is 12.7. The Bertz CT molecular complexity index is 538. The Morgan fingerprint density at radius 3 is 2.84 bits per heavy atom. The molecule has 6 nitrogen and oxygen atoms in total. The molecule has 0 radical (unpaired) electrons. The Balaban J connectivity index is 2.33. The van der Waals surface area contributed by atoms with Crippen molar-refractivity contribution in [2.45, 2.75) is 44.6 Å². The second-order valence-corrected chi connectivity index (χ2v) is 7.10. The summed E-state index contributed by atoms with van der Waals surface area (Å²) < 4.78 is 26.8. The van der Waals surface area contributed by atoms with E-state index in [1.165, 1.54) is 4.31 Å². The summed E-state index contributed by atoms with van der Waals surface area (Å²) in [4.78, 5) is 0.143. The Kier molecular flexibility index (Phi) is 4.27. The van der Waals surface area contributed by atoms with Crippen LogP contribution in [-0.4, -0.2) is 41.1 Å². The van der Waals surface area contributed by atoms with Gasteiger partial charge in [0.25, 0.3) is 0 Å². The summed E-state index contributed by atoms with van der Waals surface area (Å²) >= 11 is 0. The van der Waals surface area contributed by atoms with Crippen LogP contribution < -0.4 is 0 Å². The molecule has 1 saturated heterocycles. The fourth-order valence-electron chi connectivity index (χ4n) is 2.52. The summed E-state index contributed by atoms with van der Waals surface area (Å²) in [5.41, 5.74) is 0.691. The van der Waals surface area contributed by atoms with Gasteiger partial charge in [0.1, 0.15) is 10.6 Å². The number of hydrogen-bond donors (Lipinski definition) is 2. The summed E-state index contributed by atoms with van der Waals surface area (Å²) in [6.45, 7) is 4.53. The van der Waals surface area contributed by atoms with E-state index in [0.717, 1.165) is 19.3 Å². The van der Waals surface area contributed by atoms with Gasteiger partial charge in [-0.1, -0.05) is 6.92 Å². The van der Waals surface area contributed by atoms with Crippen LogP contribution in [0.25, 0.3) is 0 Å². The molecule has 2 heterocycles. The fourth-order valence-corrected chi connectivity index (χ4v) is 4.34. The summed E-state index contributed by atoms with van der Waals surface area (Å²) in [5, 5.41) is 15.7. The number of aromatic nitrogens is 2. The second kappa shape index (κ2) is 5.60. The van der Waals surface area contributed by atoms with Crippen LogP contribution in [-0.2, 0) is 16.6 Å². The van der Waals surface area contributed by atoms with E-state index in [-0.39, 0.29) is 17.2 Å². The van der Waals surface area contributed by atoms with Gasteiger partial charge < -0.3 is 5.11 Å². The Morgan fingerprint density at radius 2 is 2.16 bits per heavy atom. The van der Waals surface area contributed by atoms with Crippen molar-refractivity contribution >= 4 is 10.0 Å². The highest BCUT2D eigenvalue weighted by molar-refractivity contribution is 7.89. The molecule has 1 aromatic heterocycles. The molecule has 0 spiro atoms. The van der Waals surface area contributed by atoms with Gasteiger partial charge in [-0.3, -0.25) is 5.10 Å². The molecule has 7 heteroatoms. The van der Waals surface area contributed by atoms with Crippen LogP contribution in [0.4, 0.5) is 0 Å². The first-order valence-corrected chi connectivity index (χ1v) is 8.05. The monoisotopic (exact) mass is 287 g/mol. The van der Waals surface area contributed by atoms with Gasteiger partial charge in [0, 0.05) is 13.1 Å². The minimum Gasteiger partial charge on any atom is -0.390 e. The van der Waals surface area contributed by atoms with Gasteiger partial charge in [0.15, 0.2) is 0 Å². The quantitative estimate of drug-likeness (QED) is 0.869. The molecule has 1 unspecified atom stereocenters. The molecule has 0 amide bonds. The fraction of sp³-hybridized carbons (Fsp3) is 0.750. The second-order valence-electron chi connectivity index (χ2n) is 5.22. The smallest absolute Gasteiger partial charge is 0.246 e. The third-order valence-electron chi connectivity index (χ3n) is 3.68. The van der Waals surface area contributed by atoms with Crippen molar-refractivity contribution in [1.29, 1.82) is 0 Å². The van der Waals surface area contributed by atoms with Crippen molar-refractivity contribution in [2.24, 2.45) is 5.92 Å². The average molecular weight is 287 g/mol. The van der Waals surface area contributed by atoms with Crippen molar-refractivity contribution in [3.8, 4) is 0 Å². The van der Waals surface area contributed by atoms with E-state index in [4.69, 9.17) is 0 Å². The number of aryl methyl sites for hydroxylation is 1. The van der Waals surface area contributed by atoms with E-state index in [1.807, 2.05) is 0 Å². The van der Waals surface area contributed by atoms with E-state index in [9.17, 15) is 13.5 Å². The molecule has 0 bridgehead atoms. The number of aromatic amines is 1. The number of sulfonamides is 1. The lowest BCUT2D eigenvalue weighted by molar-refractivity contribution is 0.273. The molecular formula is C12H21N3O3S. The standard InChI is InChI=1S/C12H21N3O3S/c1-9-4-3-6-15(7-5-9)19(17,18)12-10(2)13-14-11(12)8-16/h9,16H,3-8H2,1-2H3,(H,13,14). The number of nitrogens with zero attached hydrogens (tertiary/aromatic N) is 2. The van der Waals surface area contributed by atoms with E-state index < -0.39 is 10.0 Å². The van der Waals surface area contributed by atoms with Gasteiger partial charge in [-0.05, 0) is 32.1 Å². The van der Waals surface area contributed by atoms with Gasteiger partial charge in [-0.15, -0.1) is 0 Å². The van der Waals surface area contributed by atoms with Crippen molar-refractivity contribution in [1.82, 2.24) is 14.5 Å². The number of nitrogens with one attached hydrogen (secondary N) is 1. The minimum atomic E-state index is -3.56. The molecule has 1 aromatic rings. The van der Waals surface area contributed by atoms with E-state index in [2.05, 4.69) is 17.1 Å². The Hall–Kier alpha value is -0.920. The summed E-state index contributed by atoms with van der Waals surface area (Å²) in [5.74, 6) is 0.558.